The molecule has 0 heterocycles. The van der Waals surface area contributed by atoms with Gasteiger partial charge in [-0.3, -0.25) is 0 Å². The van der Waals surface area contributed by atoms with Gasteiger partial charge in [0.05, 0.1) is 6.04 Å². The zero-order valence-electron chi connectivity index (χ0n) is 12.6. The van der Waals surface area contributed by atoms with Crippen molar-refractivity contribution in [2.45, 2.75) is 32.2 Å². The van der Waals surface area contributed by atoms with Gasteiger partial charge in [-0.15, -0.1) is 0 Å². The third-order valence-electron chi connectivity index (χ3n) is 3.57. The van der Waals surface area contributed by atoms with Crippen molar-refractivity contribution in [2.24, 2.45) is 0 Å². The zero-order valence-corrected chi connectivity index (χ0v) is 14.2. The molecular formula is C18H22BrN. The molecule has 1 unspecified atom stereocenters. The molecule has 0 radical (unpaired) electrons. The summed E-state index contributed by atoms with van der Waals surface area (Å²) in [5, 5.41) is 3.45. The summed E-state index contributed by atoms with van der Waals surface area (Å²) in [6.07, 6.45) is 0. The van der Waals surface area contributed by atoms with E-state index in [4.69, 9.17) is 0 Å². The first-order valence-corrected chi connectivity index (χ1v) is 7.75. The lowest BCUT2D eigenvalue weighted by atomic mass is 9.80. The standard InChI is InChI=1S/C18H22BrN/c1-18(2,3)16-8-6-5-7-15(16)17(20-4)13-9-11-14(19)12-10-13/h5-12,17,20H,1-4H3. The minimum Gasteiger partial charge on any atom is -0.309 e. The van der Waals surface area contributed by atoms with Crippen LogP contribution >= 0.6 is 15.9 Å². The summed E-state index contributed by atoms with van der Waals surface area (Å²) in [7, 11) is 2.02. The van der Waals surface area contributed by atoms with Crippen LogP contribution in [0.3, 0.4) is 0 Å². The Morgan fingerprint density at radius 2 is 1.55 bits per heavy atom. The average molecular weight is 332 g/mol. The maximum atomic E-state index is 3.50. The first-order chi connectivity index (χ1) is 9.43. The molecule has 106 valence electrons. The molecule has 20 heavy (non-hydrogen) atoms. The highest BCUT2D eigenvalue weighted by molar-refractivity contribution is 9.10. The van der Waals surface area contributed by atoms with Crippen LogP contribution in [0.1, 0.15) is 43.5 Å². The van der Waals surface area contributed by atoms with Crippen molar-refractivity contribution in [3.8, 4) is 0 Å². The number of rotatable bonds is 3. The topological polar surface area (TPSA) is 12.0 Å². The van der Waals surface area contributed by atoms with E-state index in [-0.39, 0.29) is 11.5 Å². The Kier molecular flexibility index (Phi) is 4.66. The minimum absolute atomic E-state index is 0.140. The highest BCUT2D eigenvalue weighted by Crippen LogP contribution is 2.32. The molecule has 1 nitrogen and oxygen atoms in total. The molecule has 0 bridgehead atoms. The van der Waals surface area contributed by atoms with E-state index < -0.39 is 0 Å². The Labute approximate surface area is 130 Å². The van der Waals surface area contributed by atoms with E-state index in [9.17, 15) is 0 Å². The van der Waals surface area contributed by atoms with Crippen LogP contribution in [-0.2, 0) is 5.41 Å². The lowest BCUT2D eigenvalue weighted by molar-refractivity contribution is 0.567. The number of benzene rings is 2. The molecule has 1 atom stereocenters. The summed E-state index contributed by atoms with van der Waals surface area (Å²) in [4.78, 5) is 0. The third kappa shape index (κ3) is 3.31. The lowest BCUT2D eigenvalue weighted by Crippen LogP contribution is -2.23. The van der Waals surface area contributed by atoms with E-state index in [0.717, 1.165) is 4.47 Å². The van der Waals surface area contributed by atoms with Gasteiger partial charge in [0.1, 0.15) is 0 Å². The first-order valence-electron chi connectivity index (χ1n) is 6.95. The van der Waals surface area contributed by atoms with Crippen molar-refractivity contribution in [3.05, 3.63) is 69.7 Å². The summed E-state index contributed by atoms with van der Waals surface area (Å²) in [6.45, 7) is 6.79. The van der Waals surface area contributed by atoms with Crippen molar-refractivity contribution >= 4 is 15.9 Å². The molecule has 0 aromatic heterocycles. The summed E-state index contributed by atoms with van der Waals surface area (Å²) >= 11 is 3.50. The zero-order chi connectivity index (χ0) is 14.8. The van der Waals surface area contributed by atoms with Gasteiger partial charge in [-0.25, -0.2) is 0 Å². The molecule has 1 N–H and O–H groups in total. The predicted octanol–water partition coefficient (Wildman–Crippen LogP) is 5.06. The fourth-order valence-electron chi connectivity index (χ4n) is 2.59. The van der Waals surface area contributed by atoms with Crippen LogP contribution in [0.15, 0.2) is 53.0 Å². The largest absolute Gasteiger partial charge is 0.309 e. The summed E-state index contributed by atoms with van der Waals surface area (Å²) in [5.41, 5.74) is 4.17. The Hall–Kier alpha value is -1.12. The number of hydrogen-bond acceptors (Lipinski definition) is 1. The Morgan fingerprint density at radius 1 is 0.950 bits per heavy atom. The molecule has 0 aliphatic heterocycles. The molecule has 2 aromatic rings. The summed E-state index contributed by atoms with van der Waals surface area (Å²) in [5.74, 6) is 0. The van der Waals surface area contributed by atoms with Gasteiger partial charge < -0.3 is 5.32 Å². The maximum Gasteiger partial charge on any atom is 0.0577 e. The highest BCUT2D eigenvalue weighted by Gasteiger charge is 2.22. The maximum absolute atomic E-state index is 3.50. The monoisotopic (exact) mass is 331 g/mol. The van der Waals surface area contributed by atoms with Crippen molar-refractivity contribution in [3.63, 3.8) is 0 Å². The van der Waals surface area contributed by atoms with Crippen LogP contribution in [0.25, 0.3) is 0 Å². The first kappa shape index (κ1) is 15.3. The van der Waals surface area contributed by atoms with Crippen LogP contribution < -0.4 is 5.32 Å². The number of hydrogen-bond donors (Lipinski definition) is 1. The quantitative estimate of drug-likeness (QED) is 0.829. The Bertz CT molecular complexity index is 567. The molecule has 0 aliphatic carbocycles. The van der Waals surface area contributed by atoms with E-state index in [1.54, 1.807) is 0 Å². The van der Waals surface area contributed by atoms with E-state index in [0.29, 0.717) is 0 Å². The second-order valence-corrected chi connectivity index (χ2v) is 7.03. The smallest absolute Gasteiger partial charge is 0.0577 e. The lowest BCUT2D eigenvalue weighted by Gasteiger charge is -2.27. The fraction of sp³-hybridized carbons (Fsp3) is 0.333. The molecule has 2 aromatic carbocycles. The predicted molar refractivity (Wildman–Crippen MR) is 90.2 cm³/mol. The van der Waals surface area contributed by atoms with E-state index in [1.165, 1.54) is 16.7 Å². The van der Waals surface area contributed by atoms with Crippen LogP contribution in [0.2, 0.25) is 0 Å². The molecule has 2 heteroatoms. The molecule has 0 amide bonds. The number of halogens is 1. The molecule has 0 aliphatic rings. The second-order valence-electron chi connectivity index (χ2n) is 6.11. The normalized spacial score (nSPS) is 13.2. The Morgan fingerprint density at radius 3 is 2.10 bits per heavy atom. The summed E-state index contributed by atoms with van der Waals surface area (Å²) in [6, 6.07) is 17.5. The summed E-state index contributed by atoms with van der Waals surface area (Å²) < 4.78 is 1.11. The van der Waals surface area contributed by atoms with Crippen molar-refractivity contribution in [2.75, 3.05) is 7.05 Å². The molecule has 2 rings (SSSR count). The van der Waals surface area contributed by atoms with Gasteiger partial charge in [-0.1, -0.05) is 73.1 Å². The van der Waals surface area contributed by atoms with Crippen LogP contribution in [0, 0.1) is 0 Å². The van der Waals surface area contributed by atoms with Gasteiger partial charge in [0.2, 0.25) is 0 Å². The van der Waals surface area contributed by atoms with E-state index in [2.05, 4.69) is 90.5 Å². The van der Waals surface area contributed by atoms with Gasteiger partial charge in [0, 0.05) is 4.47 Å². The number of nitrogens with one attached hydrogen (secondary N) is 1. The molecular weight excluding hydrogens is 310 g/mol. The molecule has 0 saturated carbocycles. The van der Waals surface area contributed by atoms with Crippen molar-refractivity contribution in [1.82, 2.24) is 5.32 Å². The van der Waals surface area contributed by atoms with Gasteiger partial charge in [-0.2, -0.15) is 0 Å². The van der Waals surface area contributed by atoms with Gasteiger partial charge in [0.15, 0.2) is 0 Å². The van der Waals surface area contributed by atoms with Crippen LogP contribution in [0.4, 0.5) is 0 Å². The van der Waals surface area contributed by atoms with Crippen LogP contribution in [-0.4, -0.2) is 7.05 Å². The van der Waals surface area contributed by atoms with Gasteiger partial charge >= 0.3 is 0 Å². The molecule has 0 saturated heterocycles. The molecule has 0 fully saturated rings. The van der Waals surface area contributed by atoms with E-state index in [1.807, 2.05) is 7.05 Å². The van der Waals surface area contributed by atoms with Crippen molar-refractivity contribution in [1.29, 1.82) is 0 Å². The minimum atomic E-state index is 0.140. The second kappa shape index (κ2) is 6.11. The van der Waals surface area contributed by atoms with E-state index >= 15 is 0 Å². The third-order valence-corrected chi connectivity index (χ3v) is 4.10. The average Bonchev–Trinajstić information content (AvgIpc) is 2.41. The van der Waals surface area contributed by atoms with Gasteiger partial charge in [-0.05, 0) is 41.3 Å². The Balaban J connectivity index is 2.50. The van der Waals surface area contributed by atoms with Crippen LogP contribution in [0.5, 0.6) is 0 Å². The molecule has 0 spiro atoms. The fourth-order valence-corrected chi connectivity index (χ4v) is 2.85. The SMILES string of the molecule is CNC(c1ccc(Br)cc1)c1ccccc1C(C)(C)C. The van der Waals surface area contributed by atoms with Crippen molar-refractivity contribution < 1.29 is 0 Å². The highest BCUT2D eigenvalue weighted by atomic mass is 79.9. The van der Waals surface area contributed by atoms with Gasteiger partial charge in [0.25, 0.3) is 0 Å².